The number of allylic oxidation sites excluding steroid dienone is 2. The summed E-state index contributed by atoms with van der Waals surface area (Å²) in [6.45, 7) is 4.24. The number of rotatable bonds is 6. The second-order valence-corrected chi connectivity index (χ2v) is 5.74. The van der Waals surface area contributed by atoms with Crippen molar-refractivity contribution in [3.8, 4) is 5.75 Å². The molecule has 0 N–H and O–H groups in total. The van der Waals surface area contributed by atoms with Gasteiger partial charge in [-0.15, -0.1) is 0 Å². The van der Waals surface area contributed by atoms with Gasteiger partial charge in [-0.1, -0.05) is 22.9 Å². The summed E-state index contributed by atoms with van der Waals surface area (Å²) in [6.07, 6.45) is 6.08. The summed E-state index contributed by atoms with van der Waals surface area (Å²) in [5.41, 5.74) is 4.99. The minimum absolute atomic E-state index is 0.350. The standard InChI is InChI=1S/C20H25NO4/c1-5-25-18(22)13-12-15-9-7-11-17(23-3)20(15)19-14(2)8-6-10-16(19)21-24-4/h7,9,11-13H,5-6,8,10H2,1-4H3/b13-12+,21-16+. The summed E-state index contributed by atoms with van der Waals surface area (Å²) in [5.74, 6) is 0.377. The SMILES string of the molecule is CCOC(=O)/C=C/c1cccc(OC)c1C1=C(C)CCC/C1=N\OC. The van der Waals surface area contributed by atoms with Crippen LogP contribution in [0.3, 0.4) is 0 Å². The van der Waals surface area contributed by atoms with E-state index in [9.17, 15) is 4.79 Å². The van der Waals surface area contributed by atoms with Gasteiger partial charge in [0.05, 0.1) is 19.4 Å². The summed E-state index contributed by atoms with van der Waals surface area (Å²) in [5, 5.41) is 4.22. The number of benzene rings is 1. The maximum absolute atomic E-state index is 11.7. The van der Waals surface area contributed by atoms with E-state index in [0.29, 0.717) is 6.61 Å². The summed E-state index contributed by atoms with van der Waals surface area (Å²) in [6, 6.07) is 5.77. The number of methoxy groups -OCH3 is 1. The first kappa shape index (κ1) is 18.8. The number of ether oxygens (including phenoxy) is 2. The van der Waals surface area contributed by atoms with E-state index in [-0.39, 0.29) is 5.97 Å². The van der Waals surface area contributed by atoms with Crippen LogP contribution < -0.4 is 4.74 Å². The van der Waals surface area contributed by atoms with Gasteiger partial charge in [0, 0.05) is 17.2 Å². The fourth-order valence-corrected chi connectivity index (χ4v) is 3.05. The molecule has 5 nitrogen and oxygen atoms in total. The highest BCUT2D eigenvalue weighted by Crippen LogP contribution is 2.38. The largest absolute Gasteiger partial charge is 0.496 e. The maximum Gasteiger partial charge on any atom is 0.330 e. The molecule has 0 saturated heterocycles. The number of carbonyl (C=O) groups is 1. The van der Waals surface area contributed by atoms with E-state index in [1.54, 1.807) is 27.2 Å². The van der Waals surface area contributed by atoms with Gasteiger partial charge >= 0.3 is 5.97 Å². The third kappa shape index (κ3) is 4.50. The molecular weight excluding hydrogens is 318 g/mol. The van der Waals surface area contributed by atoms with Crippen LogP contribution in [0, 0.1) is 0 Å². The first-order valence-corrected chi connectivity index (χ1v) is 8.44. The first-order chi connectivity index (χ1) is 12.1. The number of esters is 1. The van der Waals surface area contributed by atoms with Crippen LogP contribution in [-0.2, 0) is 14.4 Å². The minimum Gasteiger partial charge on any atom is -0.496 e. The molecular formula is C20H25NO4. The molecule has 1 aliphatic carbocycles. The Kier molecular flexibility index (Phi) is 6.81. The number of hydrogen-bond acceptors (Lipinski definition) is 5. The molecule has 0 radical (unpaired) electrons. The van der Waals surface area contributed by atoms with Gasteiger partial charge in [-0.3, -0.25) is 0 Å². The predicted molar refractivity (Wildman–Crippen MR) is 99.6 cm³/mol. The quantitative estimate of drug-likeness (QED) is 0.440. The normalized spacial score (nSPS) is 16.4. The highest BCUT2D eigenvalue weighted by molar-refractivity contribution is 6.26. The van der Waals surface area contributed by atoms with E-state index < -0.39 is 0 Å². The Hall–Kier alpha value is -2.56. The van der Waals surface area contributed by atoms with Crippen LogP contribution in [0.1, 0.15) is 44.2 Å². The van der Waals surface area contributed by atoms with Gasteiger partial charge in [-0.25, -0.2) is 4.79 Å². The lowest BCUT2D eigenvalue weighted by molar-refractivity contribution is -0.137. The topological polar surface area (TPSA) is 57.1 Å². The molecule has 0 bridgehead atoms. The second kappa shape index (κ2) is 9.06. The molecule has 134 valence electrons. The van der Waals surface area contributed by atoms with E-state index in [0.717, 1.165) is 47.4 Å². The molecule has 2 rings (SSSR count). The molecule has 25 heavy (non-hydrogen) atoms. The Balaban J connectivity index is 2.58. The average Bonchev–Trinajstić information content (AvgIpc) is 2.61. The van der Waals surface area contributed by atoms with Crippen molar-refractivity contribution < 1.29 is 19.1 Å². The van der Waals surface area contributed by atoms with Crippen molar-refractivity contribution in [1.29, 1.82) is 0 Å². The van der Waals surface area contributed by atoms with Gasteiger partial charge in [0.1, 0.15) is 12.9 Å². The van der Waals surface area contributed by atoms with Crippen molar-refractivity contribution in [1.82, 2.24) is 0 Å². The first-order valence-electron chi connectivity index (χ1n) is 8.44. The Labute approximate surface area is 149 Å². The highest BCUT2D eigenvalue weighted by atomic mass is 16.6. The summed E-state index contributed by atoms with van der Waals surface area (Å²) < 4.78 is 10.6. The van der Waals surface area contributed by atoms with E-state index in [4.69, 9.17) is 14.3 Å². The zero-order valence-electron chi connectivity index (χ0n) is 15.3. The smallest absolute Gasteiger partial charge is 0.330 e. The molecule has 1 aliphatic rings. The Morgan fingerprint density at radius 1 is 1.28 bits per heavy atom. The Morgan fingerprint density at radius 2 is 2.08 bits per heavy atom. The molecule has 0 saturated carbocycles. The lowest BCUT2D eigenvalue weighted by atomic mass is 9.84. The predicted octanol–water partition coefficient (Wildman–Crippen LogP) is 4.23. The average molecular weight is 343 g/mol. The zero-order valence-corrected chi connectivity index (χ0v) is 15.3. The zero-order chi connectivity index (χ0) is 18.2. The van der Waals surface area contributed by atoms with Crippen molar-refractivity contribution in [2.45, 2.75) is 33.1 Å². The van der Waals surface area contributed by atoms with Crippen LogP contribution in [0.2, 0.25) is 0 Å². The maximum atomic E-state index is 11.7. The summed E-state index contributed by atoms with van der Waals surface area (Å²) >= 11 is 0. The van der Waals surface area contributed by atoms with Crippen LogP contribution >= 0.6 is 0 Å². The van der Waals surface area contributed by atoms with Crippen LogP contribution in [0.4, 0.5) is 0 Å². The molecule has 5 heteroatoms. The van der Waals surface area contributed by atoms with Crippen molar-refractivity contribution in [2.75, 3.05) is 20.8 Å². The van der Waals surface area contributed by atoms with Crippen LogP contribution in [0.15, 0.2) is 35.0 Å². The summed E-state index contributed by atoms with van der Waals surface area (Å²) in [7, 11) is 3.20. The van der Waals surface area contributed by atoms with Crippen molar-refractivity contribution >= 4 is 23.3 Å². The third-order valence-corrected chi connectivity index (χ3v) is 4.10. The molecule has 0 fully saturated rings. The molecule has 0 unspecified atom stereocenters. The van der Waals surface area contributed by atoms with Gasteiger partial charge in [-0.05, 0) is 50.8 Å². The number of hydrogen-bond donors (Lipinski definition) is 0. The van der Waals surface area contributed by atoms with Crippen molar-refractivity contribution in [3.05, 3.63) is 41.0 Å². The lowest BCUT2D eigenvalue weighted by Crippen LogP contribution is -2.12. The molecule has 0 spiro atoms. The van der Waals surface area contributed by atoms with Crippen LogP contribution in [0.5, 0.6) is 5.75 Å². The Morgan fingerprint density at radius 3 is 2.76 bits per heavy atom. The molecule has 1 aromatic carbocycles. The number of nitrogens with zero attached hydrogens (tertiary/aromatic N) is 1. The van der Waals surface area contributed by atoms with Crippen LogP contribution in [-0.4, -0.2) is 32.5 Å². The minimum atomic E-state index is -0.364. The van der Waals surface area contributed by atoms with Gasteiger partial charge in [0.15, 0.2) is 0 Å². The monoisotopic (exact) mass is 343 g/mol. The number of carbonyl (C=O) groups excluding carboxylic acids is 1. The fraction of sp³-hybridized carbons (Fsp3) is 0.400. The van der Waals surface area contributed by atoms with Gasteiger partial charge < -0.3 is 14.3 Å². The molecule has 0 atom stereocenters. The van der Waals surface area contributed by atoms with E-state index in [1.807, 2.05) is 18.2 Å². The van der Waals surface area contributed by atoms with E-state index in [1.165, 1.54) is 11.6 Å². The molecule has 0 heterocycles. The van der Waals surface area contributed by atoms with Gasteiger partial charge in [0.25, 0.3) is 0 Å². The number of oxime groups is 1. The third-order valence-electron chi connectivity index (χ3n) is 4.10. The second-order valence-electron chi connectivity index (χ2n) is 5.74. The summed E-state index contributed by atoms with van der Waals surface area (Å²) in [4.78, 5) is 16.7. The molecule has 0 aromatic heterocycles. The molecule has 0 aliphatic heterocycles. The van der Waals surface area contributed by atoms with Gasteiger partial charge in [0.2, 0.25) is 0 Å². The van der Waals surface area contributed by atoms with Crippen molar-refractivity contribution in [3.63, 3.8) is 0 Å². The van der Waals surface area contributed by atoms with Gasteiger partial charge in [-0.2, -0.15) is 0 Å². The van der Waals surface area contributed by atoms with Crippen molar-refractivity contribution in [2.24, 2.45) is 5.16 Å². The molecule has 0 amide bonds. The van der Waals surface area contributed by atoms with Crippen LogP contribution in [0.25, 0.3) is 11.6 Å². The Bertz CT molecular complexity index is 716. The fourth-order valence-electron chi connectivity index (χ4n) is 3.05. The van der Waals surface area contributed by atoms with E-state index in [2.05, 4.69) is 12.1 Å². The lowest BCUT2D eigenvalue weighted by Gasteiger charge is -2.23. The molecule has 1 aromatic rings. The highest BCUT2D eigenvalue weighted by Gasteiger charge is 2.23. The van der Waals surface area contributed by atoms with E-state index >= 15 is 0 Å².